The van der Waals surface area contributed by atoms with E-state index in [1.807, 2.05) is 32.0 Å². The number of benzene rings is 1. The van der Waals surface area contributed by atoms with Gasteiger partial charge in [-0.15, -0.1) is 0 Å². The summed E-state index contributed by atoms with van der Waals surface area (Å²) in [6.45, 7) is 11.9. The molecule has 9 nitrogen and oxygen atoms in total. The molecule has 1 N–H and O–H groups in total. The fraction of sp³-hybridized carbons (Fsp3) is 0.625. The number of fused-ring (bicyclic) bond motifs is 1. The van der Waals surface area contributed by atoms with Gasteiger partial charge in [-0.1, -0.05) is 19.9 Å². The molecule has 1 heterocycles. The molecule has 0 bridgehead atoms. The average Bonchev–Trinajstić information content (AvgIpc) is 3.14. The predicted octanol–water partition coefficient (Wildman–Crippen LogP) is 3.54. The molecule has 0 aromatic heterocycles. The SMILES string of the molecule is CC(=O)OC1C(C)[C@H](c2ccc3c(c2)OCO3)[C@@H](NC(=O)OC(C)(C)C)C(C)[C@@H]1OC(C)=O. The maximum absolute atomic E-state index is 12.8. The van der Waals surface area contributed by atoms with Crippen LogP contribution in [-0.4, -0.2) is 48.7 Å². The van der Waals surface area contributed by atoms with Gasteiger partial charge >= 0.3 is 18.0 Å². The summed E-state index contributed by atoms with van der Waals surface area (Å²) in [7, 11) is 0. The number of carbonyl (C=O) groups excluding carboxylic acids is 3. The Hall–Kier alpha value is -2.97. The third-order valence-electron chi connectivity index (χ3n) is 5.95. The molecule has 1 fully saturated rings. The molecule has 182 valence electrons. The van der Waals surface area contributed by atoms with Crippen LogP contribution in [0.1, 0.15) is 59.9 Å². The molecular weight excluding hydrogens is 430 g/mol. The molecule has 33 heavy (non-hydrogen) atoms. The van der Waals surface area contributed by atoms with Gasteiger partial charge in [0.25, 0.3) is 0 Å². The number of nitrogens with one attached hydrogen (secondary N) is 1. The monoisotopic (exact) mass is 463 g/mol. The lowest BCUT2D eigenvalue weighted by Gasteiger charge is -2.48. The summed E-state index contributed by atoms with van der Waals surface area (Å²) in [5.41, 5.74) is 0.190. The topological polar surface area (TPSA) is 109 Å². The van der Waals surface area contributed by atoms with Crippen LogP contribution in [0.15, 0.2) is 18.2 Å². The third-order valence-corrected chi connectivity index (χ3v) is 5.95. The average molecular weight is 464 g/mol. The largest absolute Gasteiger partial charge is 0.458 e. The first kappa shape index (κ1) is 24.7. The van der Waals surface area contributed by atoms with E-state index in [1.54, 1.807) is 20.8 Å². The van der Waals surface area contributed by atoms with E-state index in [0.717, 1.165) is 5.56 Å². The van der Waals surface area contributed by atoms with Gasteiger partial charge in [0.1, 0.15) is 17.8 Å². The van der Waals surface area contributed by atoms with Gasteiger partial charge < -0.3 is 29.0 Å². The van der Waals surface area contributed by atoms with E-state index in [1.165, 1.54) is 13.8 Å². The molecule has 9 heteroatoms. The highest BCUT2D eigenvalue weighted by molar-refractivity contribution is 5.69. The van der Waals surface area contributed by atoms with E-state index in [2.05, 4.69) is 5.32 Å². The first-order valence-electron chi connectivity index (χ1n) is 11.1. The van der Waals surface area contributed by atoms with Gasteiger partial charge in [-0.3, -0.25) is 9.59 Å². The molecule has 1 aromatic rings. The molecule has 1 aromatic carbocycles. The van der Waals surface area contributed by atoms with Gasteiger partial charge in [-0.2, -0.15) is 0 Å². The maximum atomic E-state index is 12.8. The molecule has 2 aliphatic rings. The van der Waals surface area contributed by atoms with Crippen LogP contribution in [0.4, 0.5) is 4.79 Å². The first-order valence-corrected chi connectivity index (χ1v) is 11.1. The Balaban J connectivity index is 2.03. The highest BCUT2D eigenvalue weighted by atomic mass is 16.7. The van der Waals surface area contributed by atoms with Crippen molar-refractivity contribution < 1.29 is 38.1 Å². The minimum absolute atomic E-state index is 0.138. The minimum Gasteiger partial charge on any atom is -0.458 e. The predicted molar refractivity (Wildman–Crippen MR) is 118 cm³/mol. The van der Waals surface area contributed by atoms with E-state index >= 15 is 0 Å². The number of hydrogen-bond donors (Lipinski definition) is 1. The molecule has 6 atom stereocenters. The van der Waals surface area contributed by atoms with E-state index < -0.39 is 47.8 Å². The second-order valence-corrected chi connectivity index (χ2v) is 9.68. The van der Waals surface area contributed by atoms with Crippen LogP contribution in [-0.2, 0) is 23.8 Å². The normalized spacial score (nSPS) is 28.6. The van der Waals surface area contributed by atoms with Crippen molar-refractivity contribution in [2.24, 2.45) is 11.8 Å². The van der Waals surface area contributed by atoms with Crippen molar-refractivity contribution in [1.29, 1.82) is 0 Å². The van der Waals surface area contributed by atoms with E-state index in [-0.39, 0.29) is 18.6 Å². The molecule has 0 saturated heterocycles. The molecule has 0 spiro atoms. The van der Waals surface area contributed by atoms with Gasteiger partial charge in [-0.05, 0) is 38.5 Å². The molecule has 3 unspecified atom stereocenters. The number of esters is 2. The van der Waals surface area contributed by atoms with Gasteiger partial charge in [-0.25, -0.2) is 4.79 Å². The molecular formula is C24H33NO8. The van der Waals surface area contributed by atoms with Crippen molar-refractivity contribution in [2.75, 3.05) is 6.79 Å². The Morgan fingerprint density at radius 2 is 1.52 bits per heavy atom. The molecule has 1 amide bonds. The smallest absolute Gasteiger partial charge is 0.407 e. The fourth-order valence-electron chi connectivity index (χ4n) is 4.69. The second kappa shape index (κ2) is 9.49. The van der Waals surface area contributed by atoms with Crippen molar-refractivity contribution in [2.45, 2.75) is 78.2 Å². The van der Waals surface area contributed by atoms with Crippen molar-refractivity contribution in [1.82, 2.24) is 5.32 Å². The highest BCUT2D eigenvalue weighted by Crippen LogP contribution is 2.46. The minimum atomic E-state index is -0.744. The van der Waals surface area contributed by atoms with Crippen LogP contribution in [0.2, 0.25) is 0 Å². The summed E-state index contributed by atoms with van der Waals surface area (Å²) >= 11 is 0. The van der Waals surface area contributed by atoms with Crippen LogP contribution in [0, 0.1) is 11.8 Å². The highest BCUT2D eigenvalue weighted by Gasteiger charge is 2.52. The summed E-state index contributed by atoms with van der Waals surface area (Å²) in [4.78, 5) is 36.6. The zero-order valence-corrected chi connectivity index (χ0v) is 20.2. The van der Waals surface area contributed by atoms with Gasteiger partial charge in [0.15, 0.2) is 11.5 Å². The number of ether oxygens (including phenoxy) is 5. The Morgan fingerprint density at radius 3 is 2.09 bits per heavy atom. The van der Waals surface area contributed by atoms with Gasteiger partial charge in [0.2, 0.25) is 6.79 Å². The number of carbonyl (C=O) groups is 3. The van der Waals surface area contributed by atoms with Crippen molar-refractivity contribution >= 4 is 18.0 Å². The zero-order valence-electron chi connectivity index (χ0n) is 20.2. The second-order valence-electron chi connectivity index (χ2n) is 9.68. The Kier molecular flexibility index (Phi) is 7.09. The summed E-state index contributed by atoms with van der Waals surface area (Å²) in [6, 6.07) is 5.11. The summed E-state index contributed by atoms with van der Waals surface area (Å²) < 4.78 is 27.7. The van der Waals surface area contributed by atoms with E-state index in [0.29, 0.717) is 11.5 Å². The lowest BCUT2D eigenvalue weighted by atomic mass is 9.65. The summed E-state index contributed by atoms with van der Waals surface area (Å²) in [5.74, 6) is -0.714. The van der Waals surface area contributed by atoms with E-state index in [9.17, 15) is 14.4 Å². The quantitative estimate of drug-likeness (QED) is 0.533. The lowest BCUT2D eigenvalue weighted by molar-refractivity contribution is -0.183. The molecule has 1 aliphatic carbocycles. The van der Waals surface area contributed by atoms with Crippen molar-refractivity contribution in [3.8, 4) is 11.5 Å². The standard InChI is InChI=1S/C24H33NO8/c1-12-19(16-8-9-17-18(10-16)30-11-29-17)20(25-23(28)33-24(5,6)7)13(2)22(32-15(4)27)21(12)31-14(3)26/h8-10,12-13,19-22H,11H2,1-7H3,(H,25,28)/t12?,13?,19-,20+,21?,22+/m1/s1. The van der Waals surface area contributed by atoms with E-state index in [4.69, 9.17) is 23.7 Å². The Labute approximate surface area is 194 Å². The van der Waals surface area contributed by atoms with Crippen LogP contribution in [0.5, 0.6) is 11.5 Å². The van der Waals surface area contributed by atoms with Crippen LogP contribution in [0.3, 0.4) is 0 Å². The maximum Gasteiger partial charge on any atom is 0.407 e. The Morgan fingerprint density at radius 1 is 0.939 bits per heavy atom. The van der Waals surface area contributed by atoms with Crippen molar-refractivity contribution in [3.05, 3.63) is 23.8 Å². The molecule has 0 radical (unpaired) electrons. The van der Waals surface area contributed by atoms with Gasteiger partial charge in [0, 0.05) is 37.6 Å². The van der Waals surface area contributed by atoms with Crippen LogP contribution >= 0.6 is 0 Å². The molecule has 1 saturated carbocycles. The zero-order chi connectivity index (χ0) is 24.5. The van der Waals surface area contributed by atoms with Crippen LogP contribution < -0.4 is 14.8 Å². The fourth-order valence-corrected chi connectivity index (χ4v) is 4.69. The third kappa shape index (κ3) is 5.69. The molecule has 1 aliphatic heterocycles. The van der Waals surface area contributed by atoms with Gasteiger partial charge in [0.05, 0.1) is 0 Å². The van der Waals surface area contributed by atoms with Crippen molar-refractivity contribution in [3.63, 3.8) is 0 Å². The molecule has 3 rings (SSSR count). The first-order chi connectivity index (χ1) is 15.4. The summed E-state index contributed by atoms with van der Waals surface area (Å²) in [5, 5.41) is 2.98. The number of amides is 1. The van der Waals surface area contributed by atoms with Crippen LogP contribution in [0.25, 0.3) is 0 Å². The number of alkyl carbamates (subject to hydrolysis) is 1. The lowest BCUT2D eigenvalue weighted by Crippen LogP contribution is -2.60. The summed E-state index contributed by atoms with van der Waals surface area (Å²) in [6.07, 6.45) is -2.02. The number of hydrogen-bond acceptors (Lipinski definition) is 8. The number of rotatable bonds is 4. The Bertz CT molecular complexity index is 908.